The molecule has 0 atom stereocenters. The predicted molar refractivity (Wildman–Crippen MR) is 110 cm³/mol. The maximum atomic E-state index is 11.4. The van der Waals surface area contributed by atoms with Crippen molar-refractivity contribution in [2.45, 2.75) is 70.7 Å². The first-order valence-corrected chi connectivity index (χ1v) is 12.9. The lowest BCUT2D eigenvalue weighted by molar-refractivity contribution is -0.685. The van der Waals surface area contributed by atoms with Crippen molar-refractivity contribution in [3.8, 4) is 11.6 Å². The molecule has 0 saturated heterocycles. The molecule has 0 N–H and O–H groups in total. The predicted octanol–water partition coefficient (Wildman–Crippen LogP) is 3.93. The fraction of sp³-hybridized carbons (Fsp3) is 0.647. The number of nitrogens with zero attached hydrogens (tertiary/aromatic N) is 5. The first-order chi connectivity index (χ1) is 15.5. The molecular formula is C17H25F6N5O4S2. The molecule has 2 aromatic rings. The van der Waals surface area contributed by atoms with Crippen LogP contribution in [0.1, 0.15) is 40.0 Å². The van der Waals surface area contributed by atoms with Gasteiger partial charge in [-0.15, -0.1) is 0 Å². The average Bonchev–Trinajstić information content (AvgIpc) is 3.27. The van der Waals surface area contributed by atoms with Crippen LogP contribution >= 0.6 is 0 Å². The number of aromatic nitrogens is 4. The summed E-state index contributed by atoms with van der Waals surface area (Å²) in [5, 5.41) is 0. The van der Waals surface area contributed by atoms with Crippen LogP contribution in [-0.2, 0) is 39.7 Å². The van der Waals surface area contributed by atoms with Crippen molar-refractivity contribution in [3.63, 3.8) is 0 Å². The highest BCUT2D eigenvalue weighted by molar-refractivity contribution is 8.13. The van der Waals surface area contributed by atoms with Gasteiger partial charge in [-0.05, 0) is 19.3 Å². The first-order valence-electron chi connectivity index (χ1n) is 9.99. The third kappa shape index (κ3) is 7.43. The molecule has 0 amide bonds. The first kappa shape index (κ1) is 29.9. The van der Waals surface area contributed by atoms with Gasteiger partial charge in [0.2, 0.25) is 5.82 Å². The number of aryl methyl sites for hydroxylation is 3. The van der Waals surface area contributed by atoms with E-state index in [1.807, 2.05) is 6.20 Å². The largest absolute Gasteiger partial charge is 0.480 e. The van der Waals surface area contributed by atoms with Crippen LogP contribution in [0.5, 0.6) is 0 Å². The van der Waals surface area contributed by atoms with E-state index in [0.29, 0.717) is 0 Å². The van der Waals surface area contributed by atoms with E-state index in [0.717, 1.165) is 48.8 Å². The summed E-state index contributed by atoms with van der Waals surface area (Å²) in [6.45, 7) is 9.75. The molecule has 2 rings (SSSR count). The Kier molecular flexibility index (Phi) is 10.1. The second kappa shape index (κ2) is 11.5. The molecule has 0 aliphatic rings. The highest BCUT2D eigenvalue weighted by Crippen LogP contribution is 2.36. The lowest BCUT2D eigenvalue weighted by atomic mass is 10.4. The van der Waals surface area contributed by atoms with Crippen LogP contribution in [0.15, 0.2) is 24.8 Å². The molecule has 0 saturated carbocycles. The summed E-state index contributed by atoms with van der Waals surface area (Å²) in [6.07, 6.45) is 11.8. The molecule has 34 heavy (non-hydrogen) atoms. The van der Waals surface area contributed by atoms with E-state index in [2.05, 4.69) is 58.0 Å². The van der Waals surface area contributed by atoms with Crippen molar-refractivity contribution in [3.05, 3.63) is 28.9 Å². The standard InChI is InChI=1S/C15H25N4.C2F6NO4S2/c1-4-8-17-11-7-16-14(17)15-18(9-5-2)12-13-19(15)10-6-3;3-1(4,5)14(10,11)9-15(12,13)2(6,7)8/h7,11-13H,4-6,8-10H2,1-3H3;/q+1;-1. The molecule has 0 unspecified atom stereocenters. The molecule has 0 bridgehead atoms. The normalized spacial score (nSPS) is 13.0. The van der Waals surface area contributed by atoms with Gasteiger partial charge in [0, 0.05) is 18.9 Å². The molecule has 17 heteroatoms. The molecule has 196 valence electrons. The third-order valence-corrected chi connectivity index (χ3v) is 6.80. The summed E-state index contributed by atoms with van der Waals surface area (Å²) >= 11 is 0. The Labute approximate surface area is 193 Å². The van der Waals surface area contributed by atoms with E-state index >= 15 is 0 Å². The lowest BCUT2D eigenvalue weighted by Crippen LogP contribution is -2.35. The summed E-state index contributed by atoms with van der Waals surface area (Å²) in [7, 11) is -13.4. The fourth-order valence-corrected chi connectivity index (χ4v) is 4.43. The van der Waals surface area contributed by atoms with Gasteiger partial charge in [-0.2, -0.15) is 26.3 Å². The number of rotatable bonds is 9. The van der Waals surface area contributed by atoms with Crippen LogP contribution in [0.2, 0.25) is 0 Å². The maximum absolute atomic E-state index is 11.4. The monoisotopic (exact) mass is 541 g/mol. The van der Waals surface area contributed by atoms with E-state index in [4.69, 9.17) is 0 Å². The van der Waals surface area contributed by atoms with Gasteiger partial charge in [0.1, 0.15) is 12.4 Å². The van der Waals surface area contributed by atoms with E-state index < -0.39 is 31.1 Å². The molecule has 2 aromatic heterocycles. The van der Waals surface area contributed by atoms with Crippen molar-refractivity contribution < 1.29 is 47.7 Å². The number of alkyl halides is 6. The van der Waals surface area contributed by atoms with E-state index in [-0.39, 0.29) is 0 Å². The van der Waals surface area contributed by atoms with Gasteiger partial charge in [-0.3, -0.25) is 0 Å². The van der Waals surface area contributed by atoms with E-state index in [1.54, 1.807) is 0 Å². The highest BCUT2D eigenvalue weighted by atomic mass is 32.3. The SMILES string of the molecule is CCCn1ccnc1-c1n(CCC)cc[n+]1CCC.O=S(=O)([N-]S(=O)(=O)C(F)(F)F)C(F)(F)F. The Bertz CT molecular complexity index is 1070. The summed E-state index contributed by atoms with van der Waals surface area (Å²) in [6, 6.07) is 0. The quantitative estimate of drug-likeness (QED) is 0.353. The maximum Gasteiger partial charge on any atom is 0.480 e. The zero-order valence-corrected chi connectivity index (χ0v) is 20.1. The minimum Gasteiger partial charge on any atom is -0.421 e. The van der Waals surface area contributed by atoms with Crippen molar-refractivity contribution in [1.29, 1.82) is 0 Å². The van der Waals surface area contributed by atoms with Crippen LogP contribution < -0.4 is 4.57 Å². The zero-order chi connectivity index (χ0) is 26.4. The minimum absolute atomic E-state index is 0.778. The van der Waals surface area contributed by atoms with Crippen molar-refractivity contribution >= 4 is 20.0 Å². The fourth-order valence-electron chi connectivity index (χ4n) is 2.72. The minimum atomic E-state index is -6.72. The molecule has 0 aliphatic heterocycles. The van der Waals surface area contributed by atoms with Crippen molar-refractivity contribution in [2.75, 3.05) is 0 Å². The van der Waals surface area contributed by atoms with Gasteiger partial charge in [0.05, 0.1) is 13.1 Å². The molecule has 0 radical (unpaired) electrons. The topological polar surface area (TPSA) is 109 Å². The van der Waals surface area contributed by atoms with Crippen molar-refractivity contribution in [1.82, 2.24) is 14.1 Å². The number of halogens is 6. The van der Waals surface area contributed by atoms with Gasteiger partial charge in [-0.1, -0.05) is 20.8 Å². The smallest absolute Gasteiger partial charge is 0.421 e. The van der Waals surface area contributed by atoms with Gasteiger partial charge < -0.3 is 8.69 Å². The molecule has 0 fully saturated rings. The lowest BCUT2D eigenvalue weighted by Gasteiger charge is -2.22. The summed E-state index contributed by atoms with van der Waals surface area (Å²) in [5.74, 6) is 2.33. The van der Waals surface area contributed by atoms with Gasteiger partial charge in [-0.25, -0.2) is 31.0 Å². The molecule has 0 aromatic carbocycles. The molecule has 0 aliphatic carbocycles. The van der Waals surface area contributed by atoms with Crippen LogP contribution in [0.3, 0.4) is 0 Å². The number of imidazole rings is 2. The van der Waals surface area contributed by atoms with Gasteiger partial charge >= 0.3 is 16.8 Å². The van der Waals surface area contributed by atoms with E-state index in [9.17, 15) is 43.2 Å². The molecule has 9 nitrogen and oxygen atoms in total. The Morgan fingerprint density at radius 2 is 1.35 bits per heavy atom. The molecular weight excluding hydrogens is 516 g/mol. The van der Waals surface area contributed by atoms with Crippen LogP contribution in [0.25, 0.3) is 15.8 Å². The Morgan fingerprint density at radius 3 is 1.79 bits per heavy atom. The van der Waals surface area contributed by atoms with Gasteiger partial charge in [0.25, 0.3) is 0 Å². The molecule has 2 heterocycles. The Morgan fingerprint density at radius 1 is 0.853 bits per heavy atom. The zero-order valence-electron chi connectivity index (χ0n) is 18.5. The number of hydrogen-bond donors (Lipinski definition) is 0. The Balaban J connectivity index is 0.000000352. The van der Waals surface area contributed by atoms with Crippen molar-refractivity contribution in [2.24, 2.45) is 0 Å². The third-order valence-electron chi connectivity index (χ3n) is 4.06. The average molecular weight is 542 g/mol. The summed E-state index contributed by atoms with van der Waals surface area (Å²) in [4.78, 5) is 4.58. The van der Waals surface area contributed by atoms with Crippen LogP contribution in [0, 0.1) is 0 Å². The van der Waals surface area contributed by atoms with Crippen LogP contribution in [-0.4, -0.2) is 42.0 Å². The summed E-state index contributed by atoms with van der Waals surface area (Å²) < 4.78 is 116. The molecule has 0 spiro atoms. The second-order valence-electron chi connectivity index (χ2n) is 6.87. The van der Waals surface area contributed by atoms with Gasteiger partial charge in [0.15, 0.2) is 20.0 Å². The second-order valence-corrected chi connectivity index (χ2v) is 10.3. The Hall–Kier alpha value is -2.14. The number of sulfonamides is 2. The summed E-state index contributed by atoms with van der Waals surface area (Å²) in [5.41, 5.74) is -12.4. The number of hydrogen-bond acceptors (Lipinski definition) is 5. The highest BCUT2D eigenvalue weighted by Gasteiger charge is 2.46. The van der Waals surface area contributed by atoms with Crippen LogP contribution in [0.4, 0.5) is 26.3 Å². The van der Waals surface area contributed by atoms with E-state index in [1.165, 1.54) is 5.82 Å².